The van der Waals surface area contributed by atoms with Crippen LogP contribution in [-0.4, -0.2) is 35.6 Å². The first kappa shape index (κ1) is 18.7. The fraction of sp³-hybridized carbons (Fsp3) is 0.238. The van der Waals surface area contributed by atoms with Gasteiger partial charge in [-0.05, 0) is 56.3 Å². The van der Waals surface area contributed by atoms with E-state index < -0.39 is 0 Å². The third-order valence-corrected chi connectivity index (χ3v) is 5.07. The van der Waals surface area contributed by atoms with Gasteiger partial charge in [-0.25, -0.2) is 9.78 Å². The number of anilines is 1. The molecule has 0 saturated heterocycles. The molecule has 2 aromatic carbocycles. The molecule has 3 aromatic rings. The van der Waals surface area contributed by atoms with Crippen LogP contribution >= 0.6 is 11.3 Å². The number of carbonyl (C=O) groups excluding carboxylic acids is 1. The molecular weight excluding hydrogens is 358 g/mol. The Labute approximate surface area is 163 Å². The summed E-state index contributed by atoms with van der Waals surface area (Å²) in [6.45, 7) is 5.35. The molecule has 6 heteroatoms. The number of hydrogen-bond acceptors (Lipinski definition) is 4. The average molecular weight is 379 g/mol. The third kappa shape index (κ3) is 4.39. The van der Waals surface area contributed by atoms with Gasteiger partial charge in [-0.3, -0.25) is 0 Å². The second-order valence-corrected chi connectivity index (χ2v) is 6.84. The van der Waals surface area contributed by atoms with Crippen LogP contribution in [0.15, 0.2) is 42.5 Å². The van der Waals surface area contributed by atoms with Crippen LogP contribution in [0.25, 0.3) is 20.8 Å². The molecule has 138 valence electrons. The maximum absolute atomic E-state index is 12.2. The highest BCUT2D eigenvalue weighted by Crippen LogP contribution is 2.32. The second-order valence-electron chi connectivity index (χ2n) is 5.81. The minimum absolute atomic E-state index is 0.202. The van der Waals surface area contributed by atoms with Gasteiger partial charge in [-0.15, -0.1) is 17.8 Å². The van der Waals surface area contributed by atoms with Crippen LogP contribution in [0, 0.1) is 12.3 Å². The van der Waals surface area contributed by atoms with Gasteiger partial charge in [-0.2, -0.15) is 0 Å². The Morgan fingerprint density at radius 2 is 2.04 bits per heavy atom. The van der Waals surface area contributed by atoms with Gasteiger partial charge in [-0.1, -0.05) is 5.92 Å². The van der Waals surface area contributed by atoms with Gasteiger partial charge in [0, 0.05) is 17.8 Å². The summed E-state index contributed by atoms with van der Waals surface area (Å²) in [5, 5.41) is 3.79. The molecule has 0 radical (unpaired) electrons. The van der Waals surface area contributed by atoms with Crippen LogP contribution in [0.3, 0.4) is 0 Å². The Bertz CT molecular complexity index is 973. The average Bonchev–Trinajstić information content (AvgIpc) is 3.10. The largest absolute Gasteiger partial charge is 0.494 e. The predicted octanol–water partition coefficient (Wildman–Crippen LogP) is 4.85. The van der Waals surface area contributed by atoms with E-state index in [1.54, 1.807) is 16.2 Å². The molecule has 27 heavy (non-hydrogen) atoms. The zero-order chi connectivity index (χ0) is 19.2. The Kier molecular flexibility index (Phi) is 5.94. The lowest BCUT2D eigenvalue weighted by Gasteiger charge is -2.18. The summed E-state index contributed by atoms with van der Waals surface area (Å²) in [7, 11) is 0. The highest BCUT2D eigenvalue weighted by atomic mass is 32.1. The SMILES string of the molecule is C#CCN(CC)C(=O)Nc1ccc(-c2nc3ccc(OCC)cc3s2)cc1. The van der Waals surface area contributed by atoms with Crippen LogP contribution in [0.5, 0.6) is 5.75 Å². The van der Waals surface area contributed by atoms with Crippen molar-refractivity contribution in [1.29, 1.82) is 0 Å². The quantitative estimate of drug-likeness (QED) is 0.623. The van der Waals surface area contributed by atoms with Crippen molar-refractivity contribution in [3.8, 4) is 28.7 Å². The normalized spacial score (nSPS) is 10.4. The topological polar surface area (TPSA) is 54.5 Å². The van der Waals surface area contributed by atoms with E-state index in [1.165, 1.54) is 0 Å². The van der Waals surface area contributed by atoms with Crippen molar-refractivity contribution in [2.45, 2.75) is 13.8 Å². The zero-order valence-electron chi connectivity index (χ0n) is 15.4. The number of hydrogen-bond donors (Lipinski definition) is 1. The van der Waals surface area contributed by atoms with E-state index in [1.807, 2.05) is 56.3 Å². The minimum atomic E-state index is -0.202. The van der Waals surface area contributed by atoms with Gasteiger partial charge in [0.2, 0.25) is 0 Å². The fourth-order valence-corrected chi connectivity index (χ4v) is 3.62. The van der Waals surface area contributed by atoms with Crippen LogP contribution in [-0.2, 0) is 0 Å². The summed E-state index contributed by atoms with van der Waals surface area (Å²) >= 11 is 1.62. The van der Waals surface area contributed by atoms with Crippen LogP contribution in [0.2, 0.25) is 0 Å². The summed E-state index contributed by atoms with van der Waals surface area (Å²) in [6.07, 6.45) is 5.29. The van der Waals surface area contributed by atoms with E-state index in [-0.39, 0.29) is 12.6 Å². The molecule has 1 N–H and O–H groups in total. The van der Waals surface area contributed by atoms with E-state index in [0.717, 1.165) is 32.2 Å². The van der Waals surface area contributed by atoms with E-state index >= 15 is 0 Å². The van der Waals surface area contributed by atoms with Crippen molar-refractivity contribution in [2.75, 3.05) is 25.0 Å². The lowest BCUT2D eigenvalue weighted by molar-refractivity contribution is 0.220. The molecule has 0 spiro atoms. The maximum atomic E-state index is 12.2. The smallest absolute Gasteiger partial charge is 0.322 e. The van der Waals surface area contributed by atoms with Crippen molar-refractivity contribution in [3.63, 3.8) is 0 Å². The van der Waals surface area contributed by atoms with Gasteiger partial charge in [0.25, 0.3) is 0 Å². The molecule has 1 aromatic heterocycles. The standard InChI is InChI=1S/C21H21N3O2S/c1-4-13-24(5-2)21(25)22-16-9-7-15(8-10-16)20-23-18-12-11-17(26-6-3)14-19(18)27-20/h1,7-12,14H,5-6,13H2,2-3H3,(H,22,25). The van der Waals surface area contributed by atoms with Gasteiger partial charge in [0.05, 0.1) is 23.4 Å². The van der Waals surface area contributed by atoms with Crippen LogP contribution < -0.4 is 10.1 Å². The number of nitrogens with one attached hydrogen (secondary N) is 1. The summed E-state index contributed by atoms with van der Waals surface area (Å²) in [4.78, 5) is 18.4. The first-order valence-corrected chi connectivity index (χ1v) is 9.59. The molecule has 0 unspecified atom stereocenters. The lowest BCUT2D eigenvalue weighted by Crippen LogP contribution is -2.34. The number of aromatic nitrogens is 1. The van der Waals surface area contributed by atoms with Crippen molar-refractivity contribution in [2.24, 2.45) is 0 Å². The first-order chi connectivity index (χ1) is 13.1. The molecule has 1 heterocycles. The molecule has 0 saturated carbocycles. The summed E-state index contributed by atoms with van der Waals surface area (Å²) in [5.74, 6) is 3.34. The minimum Gasteiger partial charge on any atom is -0.494 e. The number of fused-ring (bicyclic) bond motifs is 1. The molecular formula is C21H21N3O2S. The number of amides is 2. The lowest BCUT2D eigenvalue weighted by atomic mass is 10.2. The van der Waals surface area contributed by atoms with Crippen molar-refractivity contribution in [1.82, 2.24) is 9.88 Å². The zero-order valence-corrected chi connectivity index (χ0v) is 16.2. The third-order valence-electron chi connectivity index (χ3n) is 4.01. The van der Waals surface area contributed by atoms with Gasteiger partial charge < -0.3 is 15.0 Å². The van der Waals surface area contributed by atoms with E-state index in [0.29, 0.717) is 13.2 Å². The molecule has 0 aliphatic rings. The van der Waals surface area contributed by atoms with Crippen molar-refractivity contribution < 1.29 is 9.53 Å². The van der Waals surface area contributed by atoms with E-state index in [9.17, 15) is 4.79 Å². The van der Waals surface area contributed by atoms with Crippen LogP contribution in [0.4, 0.5) is 10.5 Å². The Balaban J connectivity index is 1.76. The number of benzene rings is 2. The summed E-state index contributed by atoms with van der Waals surface area (Å²) in [6, 6.07) is 13.4. The number of ether oxygens (including phenoxy) is 1. The first-order valence-electron chi connectivity index (χ1n) is 8.77. The molecule has 0 aliphatic heterocycles. The number of nitrogens with zero attached hydrogens (tertiary/aromatic N) is 2. The highest BCUT2D eigenvalue weighted by molar-refractivity contribution is 7.21. The van der Waals surface area contributed by atoms with E-state index in [4.69, 9.17) is 11.2 Å². The Morgan fingerprint density at radius 3 is 2.70 bits per heavy atom. The summed E-state index contributed by atoms with van der Waals surface area (Å²) < 4.78 is 6.63. The molecule has 3 rings (SSSR count). The molecule has 0 fully saturated rings. The molecule has 2 amide bonds. The maximum Gasteiger partial charge on any atom is 0.322 e. The fourth-order valence-electron chi connectivity index (χ4n) is 2.62. The highest BCUT2D eigenvalue weighted by Gasteiger charge is 2.11. The number of urea groups is 1. The molecule has 0 bridgehead atoms. The monoisotopic (exact) mass is 379 g/mol. The van der Waals surface area contributed by atoms with Crippen molar-refractivity contribution >= 4 is 33.3 Å². The molecule has 0 aliphatic carbocycles. The number of terminal acetylenes is 1. The Hall–Kier alpha value is -3.04. The number of thiazole rings is 1. The number of carbonyl (C=O) groups is 1. The second kappa shape index (κ2) is 8.56. The number of rotatable bonds is 6. The van der Waals surface area contributed by atoms with Gasteiger partial charge >= 0.3 is 6.03 Å². The van der Waals surface area contributed by atoms with Gasteiger partial charge in [0.1, 0.15) is 10.8 Å². The Morgan fingerprint density at radius 1 is 1.26 bits per heavy atom. The van der Waals surface area contributed by atoms with Crippen LogP contribution in [0.1, 0.15) is 13.8 Å². The molecule has 0 atom stereocenters. The van der Waals surface area contributed by atoms with Crippen molar-refractivity contribution in [3.05, 3.63) is 42.5 Å². The predicted molar refractivity (Wildman–Crippen MR) is 111 cm³/mol. The summed E-state index contributed by atoms with van der Waals surface area (Å²) in [5.41, 5.74) is 2.67. The molecule has 5 nitrogen and oxygen atoms in total. The van der Waals surface area contributed by atoms with Gasteiger partial charge in [0.15, 0.2) is 0 Å². The van der Waals surface area contributed by atoms with E-state index in [2.05, 4.69) is 16.2 Å².